The van der Waals surface area contributed by atoms with Crippen LogP contribution in [0, 0.1) is 5.92 Å². The number of pyridine rings is 1. The first-order chi connectivity index (χ1) is 24.3. The number of rotatable bonds is 11. The van der Waals surface area contributed by atoms with E-state index >= 15 is 0 Å². The van der Waals surface area contributed by atoms with Crippen molar-refractivity contribution in [2.24, 2.45) is 5.92 Å². The van der Waals surface area contributed by atoms with Gasteiger partial charge in [0.05, 0.1) is 12.2 Å². The van der Waals surface area contributed by atoms with E-state index in [0.717, 1.165) is 73.9 Å². The largest absolute Gasteiger partial charge is 0.484 e. The van der Waals surface area contributed by atoms with Crippen molar-refractivity contribution >= 4 is 31.8 Å². The number of hydrogen-bond donors (Lipinski definition) is 2. The van der Waals surface area contributed by atoms with Gasteiger partial charge in [-0.1, -0.05) is 91.7 Å². The van der Waals surface area contributed by atoms with Gasteiger partial charge < -0.3 is 23.9 Å². The van der Waals surface area contributed by atoms with Crippen molar-refractivity contribution in [1.29, 1.82) is 0 Å². The summed E-state index contributed by atoms with van der Waals surface area (Å²) in [5.41, 5.74) is 4.50. The summed E-state index contributed by atoms with van der Waals surface area (Å²) in [6, 6.07) is 13.4. The average molecular weight is 716 g/mol. The molecule has 3 aromatic heterocycles. The fraction of sp³-hybridized carbons (Fsp3) is 0.590. The van der Waals surface area contributed by atoms with Crippen LogP contribution in [0.4, 0.5) is 16.6 Å². The number of carbonyl (C=O) groups excluding carboxylic acids is 1. The fourth-order valence-electron chi connectivity index (χ4n) is 8.39. The first-order valence-corrected chi connectivity index (χ1v) is 20.9. The second-order valence-corrected chi connectivity index (χ2v) is 21.9. The highest BCUT2D eigenvalue weighted by Gasteiger charge is 2.45. The van der Waals surface area contributed by atoms with Crippen LogP contribution >= 0.6 is 0 Å². The maximum absolute atomic E-state index is 13.0. The monoisotopic (exact) mass is 715 g/mol. The molecule has 0 radical (unpaired) electrons. The summed E-state index contributed by atoms with van der Waals surface area (Å²) >= 11 is 0. The van der Waals surface area contributed by atoms with E-state index in [4.69, 9.17) is 13.7 Å². The number of fused-ring (bicyclic) bond motifs is 2. The first-order valence-electron chi connectivity index (χ1n) is 18.8. The maximum Gasteiger partial charge on any atom is 0.320 e. The van der Waals surface area contributed by atoms with Gasteiger partial charge in [0.15, 0.2) is 19.8 Å². The Hall–Kier alpha value is -3.90. The lowest BCUT2D eigenvalue weighted by atomic mass is 9.85. The van der Waals surface area contributed by atoms with Crippen LogP contribution in [0.15, 0.2) is 53.2 Å². The Bertz CT molecular complexity index is 1770. The Kier molecular flexibility index (Phi) is 10.8. The molecule has 1 saturated heterocycles. The van der Waals surface area contributed by atoms with Gasteiger partial charge in [0.1, 0.15) is 17.6 Å². The molecule has 2 aliphatic rings. The minimum atomic E-state index is -1.88. The Balaban J connectivity index is 1.09. The summed E-state index contributed by atoms with van der Waals surface area (Å²) in [7, 11) is -1.88. The minimum Gasteiger partial charge on any atom is -0.484 e. The lowest BCUT2D eigenvalue weighted by Crippen LogP contribution is -2.49. The van der Waals surface area contributed by atoms with Crippen LogP contribution in [-0.4, -0.2) is 53.8 Å². The summed E-state index contributed by atoms with van der Waals surface area (Å²) in [6.45, 7) is 23.0. The van der Waals surface area contributed by atoms with Crippen molar-refractivity contribution in [1.82, 2.24) is 25.1 Å². The summed E-state index contributed by atoms with van der Waals surface area (Å²) in [5, 5.41) is 19.1. The zero-order chi connectivity index (χ0) is 36.5. The van der Waals surface area contributed by atoms with E-state index in [9.17, 15) is 4.79 Å². The summed E-state index contributed by atoms with van der Waals surface area (Å²) < 4.78 is 21.1. The third-order valence-electron chi connectivity index (χ3n) is 11.0. The van der Waals surface area contributed by atoms with E-state index in [0.29, 0.717) is 34.1 Å². The van der Waals surface area contributed by atoms with Crippen LogP contribution in [0.5, 0.6) is 5.75 Å². The molecule has 1 aliphatic carbocycles. The van der Waals surface area contributed by atoms with Crippen LogP contribution in [0.25, 0.3) is 5.65 Å². The van der Waals surface area contributed by atoms with Crippen molar-refractivity contribution in [3.05, 3.63) is 65.5 Å². The number of aromatic nitrogens is 4. The standard InChI is InChI=1S/C39H57N7O4Si/c1-25(2)51(26(3)4,27(5)6)48-24-28-18-20-45(21-19-28)38-43-42-36-17-14-29(23-46(36)38)49-33-16-15-32(30-12-10-11-13-31(30)33)40-37(47)41-35-22-34(50-44-35)39(7,8)9/h10-14,17,22-23,25-28,32-33H,15-16,18-21,24H2,1-9H3,(H2,40,41,44,47)/t32-,33+/m0/s1. The summed E-state index contributed by atoms with van der Waals surface area (Å²) in [4.78, 5) is 15.3. The van der Waals surface area contributed by atoms with Crippen LogP contribution in [0.3, 0.4) is 0 Å². The van der Waals surface area contributed by atoms with Gasteiger partial charge in [-0.15, -0.1) is 10.2 Å². The quantitative estimate of drug-likeness (QED) is 0.148. The first kappa shape index (κ1) is 36.9. The number of nitrogens with one attached hydrogen (secondary N) is 2. The molecule has 0 saturated carbocycles. The Morgan fingerprint density at radius 2 is 1.63 bits per heavy atom. The maximum atomic E-state index is 13.0. The molecule has 11 nitrogen and oxygen atoms in total. The van der Waals surface area contributed by atoms with E-state index in [1.54, 1.807) is 6.07 Å². The Morgan fingerprint density at radius 1 is 0.941 bits per heavy atom. The topological polar surface area (TPSA) is 119 Å². The number of amides is 2. The highest BCUT2D eigenvalue weighted by atomic mass is 28.4. The van der Waals surface area contributed by atoms with Crippen molar-refractivity contribution in [3.63, 3.8) is 0 Å². The number of ether oxygens (including phenoxy) is 1. The van der Waals surface area contributed by atoms with E-state index < -0.39 is 8.32 Å². The molecule has 1 aromatic carbocycles. The lowest BCUT2D eigenvalue weighted by molar-refractivity contribution is 0.171. The van der Waals surface area contributed by atoms with Crippen LogP contribution in [0.2, 0.25) is 16.6 Å². The molecule has 6 rings (SSSR count). The number of carbonyl (C=O) groups is 1. The van der Waals surface area contributed by atoms with Crippen LogP contribution in [0.1, 0.15) is 117 Å². The van der Waals surface area contributed by atoms with Crippen molar-refractivity contribution < 1.29 is 18.5 Å². The van der Waals surface area contributed by atoms with Gasteiger partial charge in [-0.2, -0.15) is 0 Å². The highest BCUT2D eigenvalue weighted by molar-refractivity contribution is 6.77. The SMILES string of the molecule is CC(C)[Si](OCC1CCN(c2nnc3ccc(O[C@@H]4CC[C@H](NC(=O)Nc5cc(C(C)(C)C)on5)c5ccccc54)cn23)CC1)(C(C)C)C(C)C. The molecule has 2 amide bonds. The fourth-order valence-corrected chi connectivity index (χ4v) is 13.9. The van der Waals surface area contributed by atoms with Gasteiger partial charge in [-0.05, 0) is 71.5 Å². The second kappa shape index (κ2) is 15.0. The number of urea groups is 1. The number of benzene rings is 1. The Morgan fingerprint density at radius 3 is 2.27 bits per heavy atom. The van der Waals surface area contributed by atoms with Gasteiger partial charge in [-0.3, -0.25) is 9.72 Å². The van der Waals surface area contributed by atoms with E-state index in [1.807, 2.05) is 51.2 Å². The average Bonchev–Trinajstić information content (AvgIpc) is 3.73. The van der Waals surface area contributed by atoms with Crippen molar-refractivity contribution in [3.8, 4) is 5.75 Å². The van der Waals surface area contributed by atoms with E-state index in [-0.39, 0.29) is 23.6 Å². The molecule has 2 N–H and O–H groups in total. The molecule has 51 heavy (non-hydrogen) atoms. The van der Waals surface area contributed by atoms with Gasteiger partial charge in [-0.25, -0.2) is 4.79 Å². The van der Waals surface area contributed by atoms with E-state index in [2.05, 4.69) is 89.0 Å². The smallest absolute Gasteiger partial charge is 0.320 e. The molecule has 4 heterocycles. The lowest BCUT2D eigenvalue weighted by Gasteiger charge is -2.43. The van der Waals surface area contributed by atoms with Crippen LogP contribution in [-0.2, 0) is 9.84 Å². The molecule has 0 unspecified atom stereocenters. The van der Waals surface area contributed by atoms with Gasteiger partial charge in [0, 0.05) is 31.2 Å². The predicted molar refractivity (Wildman–Crippen MR) is 204 cm³/mol. The molecule has 4 aromatic rings. The number of nitrogens with zero attached hydrogens (tertiary/aromatic N) is 5. The molecular formula is C39H57N7O4Si. The van der Waals surface area contributed by atoms with E-state index in [1.165, 1.54) is 0 Å². The molecule has 0 spiro atoms. The van der Waals surface area contributed by atoms with Gasteiger partial charge in [0.2, 0.25) is 5.95 Å². The van der Waals surface area contributed by atoms with Crippen molar-refractivity contribution in [2.45, 2.75) is 122 Å². The molecule has 2 atom stereocenters. The molecular weight excluding hydrogens is 659 g/mol. The predicted octanol–water partition coefficient (Wildman–Crippen LogP) is 9.20. The third-order valence-corrected chi connectivity index (χ3v) is 17.1. The molecule has 276 valence electrons. The van der Waals surface area contributed by atoms with Gasteiger partial charge in [0.25, 0.3) is 0 Å². The van der Waals surface area contributed by atoms with Crippen LogP contribution < -0.4 is 20.3 Å². The zero-order valence-corrected chi connectivity index (χ0v) is 32.9. The third kappa shape index (κ3) is 7.82. The van der Waals surface area contributed by atoms with Crippen molar-refractivity contribution in [2.75, 3.05) is 29.9 Å². The molecule has 12 heteroatoms. The highest BCUT2D eigenvalue weighted by Crippen LogP contribution is 2.43. The second-order valence-electron chi connectivity index (χ2n) is 16.4. The minimum absolute atomic E-state index is 0.154. The number of piperidine rings is 1. The molecule has 1 fully saturated rings. The normalized spacial score (nSPS) is 18.9. The molecule has 1 aliphatic heterocycles. The molecule has 0 bridgehead atoms. The summed E-state index contributed by atoms with van der Waals surface area (Å²) in [6.07, 6.45) is 5.49. The zero-order valence-electron chi connectivity index (χ0n) is 31.9. The Labute approximate surface area is 304 Å². The number of anilines is 2. The summed E-state index contributed by atoms with van der Waals surface area (Å²) in [5.74, 6) is 3.28. The number of hydrogen-bond acceptors (Lipinski definition) is 8. The van der Waals surface area contributed by atoms with Gasteiger partial charge >= 0.3 is 6.03 Å².